The number of rotatable bonds is 9. The van der Waals surface area contributed by atoms with Crippen LogP contribution >= 0.6 is 27.3 Å². The summed E-state index contributed by atoms with van der Waals surface area (Å²) < 4.78 is 12.9. The van der Waals surface area contributed by atoms with Gasteiger partial charge in [0.15, 0.2) is 11.5 Å². The van der Waals surface area contributed by atoms with Crippen molar-refractivity contribution in [2.75, 3.05) is 6.61 Å². The van der Waals surface area contributed by atoms with E-state index in [0.717, 1.165) is 43.7 Å². The summed E-state index contributed by atoms with van der Waals surface area (Å²) in [5.41, 5.74) is 5.61. The Morgan fingerprint density at radius 3 is 2.49 bits per heavy atom. The zero-order chi connectivity index (χ0) is 25.5. The number of nitrogens with zero attached hydrogens (tertiary/aromatic N) is 2. The lowest BCUT2D eigenvalue weighted by molar-refractivity contribution is 0.269. The lowest BCUT2D eigenvalue weighted by Crippen LogP contribution is -2.04. The van der Waals surface area contributed by atoms with E-state index >= 15 is 0 Å². The molecule has 3 aromatic carbocycles. The Bertz CT molecular complexity index is 1330. The number of aromatic nitrogens is 1. The van der Waals surface area contributed by atoms with Gasteiger partial charge in [-0.2, -0.15) is 0 Å². The maximum atomic E-state index is 6.04. The summed E-state index contributed by atoms with van der Waals surface area (Å²) in [4.78, 5) is 9.37. The van der Waals surface area contributed by atoms with Crippen LogP contribution in [0.25, 0.3) is 11.3 Å². The highest BCUT2D eigenvalue weighted by Crippen LogP contribution is 2.34. The largest absolute Gasteiger partial charge is 0.490 e. The average molecular weight is 576 g/mol. The second-order valence-electron chi connectivity index (χ2n) is 9.28. The third-order valence-electron chi connectivity index (χ3n) is 6.67. The molecule has 4 aromatic rings. The molecule has 6 heteroatoms. The fraction of sp³-hybridized carbons (Fsp3) is 0.290. The van der Waals surface area contributed by atoms with Crippen molar-refractivity contribution in [1.29, 1.82) is 0 Å². The smallest absolute Gasteiger partial charge is 0.209 e. The fourth-order valence-corrected chi connectivity index (χ4v) is 5.62. The highest BCUT2D eigenvalue weighted by molar-refractivity contribution is 9.10. The first-order valence-corrected chi connectivity index (χ1v) is 14.6. The molecule has 1 aliphatic carbocycles. The highest BCUT2D eigenvalue weighted by atomic mass is 79.9. The van der Waals surface area contributed by atoms with Gasteiger partial charge < -0.3 is 9.47 Å². The van der Waals surface area contributed by atoms with Crippen LogP contribution in [-0.4, -0.2) is 17.8 Å². The monoisotopic (exact) mass is 574 g/mol. The number of halogens is 1. The molecule has 1 saturated carbocycles. The van der Waals surface area contributed by atoms with Gasteiger partial charge in [0.1, 0.15) is 6.61 Å². The molecular formula is C31H31BrN2O2S. The molecule has 4 nitrogen and oxygen atoms in total. The molecule has 0 atom stereocenters. The van der Waals surface area contributed by atoms with Crippen LogP contribution in [0.2, 0.25) is 0 Å². The van der Waals surface area contributed by atoms with Crippen LogP contribution < -0.4 is 9.47 Å². The topological polar surface area (TPSA) is 43.7 Å². The summed E-state index contributed by atoms with van der Waals surface area (Å²) in [5, 5.41) is 2.81. The molecule has 0 saturated heterocycles. The van der Waals surface area contributed by atoms with Gasteiger partial charge in [-0.05, 0) is 72.7 Å². The van der Waals surface area contributed by atoms with Crippen molar-refractivity contribution in [3.63, 3.8) is 0 Å². The molecule has 1 aliphatic rings. The molecule has 1 heterocycles. The van der Waals surface area contributed by atoms with Crippen LogP contribution in [0.15, 0.2) is 81.6 Å². The molecule has 0 spiro atoms. The lowest BCUT2D eigenvalue weighted by atomic mass is 9.84. The summed E-state index contributed by atoms with van der Waals surface area (Å²) in [6.45, 7) is 3.01. The molecule has 0 unspecified atom stereocenters. The normalized spacial score (nSPS) is 14.2. The number of hydrogen-bond acceptors (Lipinski definition) is 5. The van der Waals surface area contributed by atoms with Gasteiger partial charge in [-0.25, -0.2) is 9.98 Å². The predicted octanol–water partition coefficient (Wildman–Crippen LogP) is 9.35. The fourth-order valence-electron chi connectivity index (χ4n) is 4.68. The van der Waals surface area contributed by atoms with Gasteiger partial charge >= 0.3 is 0 Å². The van der Waals surface area contributed by atoms with Gasteiger partial charge in [0.25, 0.3) is 0 Å². The third kappa shape index (κ3) is 6.88. The maximum Gasteiger partial charge on any atom is 0.209 e. The molecule has 190 valence electrons. The molecule has 0 radical (unpaired) electrons. The van der Waals surface area contributed by atoms with Crippen LogP contribution in [0.5, 0.6) is 11.5 Å². The van der Waals surface area contributed by atoms with Gasteiger partial charge in [0.05, 0.1) is 12.3 Å². The first-order chi connectivity index (χ1) is 18.2. The molecule has 0 bridgehead atoms. The van der Waals surface area contributed by atoms with Crippen LogP contribution in [0.4, 0.5) is 5.13 Å². The Labute approximate surface area is 231 Å². The molecule has 5 rings (SSSR count). The van der Waals surface area contributed by atoms with Crippen LogP contribution in [0.1, 0.15) is 61.6 Å². The van der Waals surface area contributed by atoms with Crippen molar-refractivity contribution < 1.29 is 9.47 Å². The number of aliphatic imine (C=N–C) groups is 1. The number of hydrogen-bond donors (Lipinski definition) is 0. The summed E-state index contributed by atoms with van der Waals surface area (Å²) in [6.07, 6.45) is 8.56. The molecular weight excluding hydrogens is 544 g/mol. The van der Waals surface area contributed by atoms with E-state index in [1.165, 1.54) is 37.7 Å². The Balaban J connectivity index is 1.24. The minimum absolute atomic E-state index is 0.477. The minimum Gasteiger partial charge on any atom is -0.490 e. The summed E-state index contributed by atoms with van der Waals surface area (Å²) in [5.74, 6) is 2.15. The zero-order valence-corrected chi connectivity index (χ0v) is 23.4. The van der Waals surface area contributed by atoms with Gasteiger partial charge in [0.2, 0.25) is 5.13 Å². The van der Waals surface area contributed by atoms with Crippen molar-refractivity contribution in [3.05, 3.63) is 93.3 Å². The molecule has 1 fully saturated rings. The van der Waals surface area contributed by atoms with Crippen molar-refractivity contribution in [3.8, 4) is 22.8 Å². The van der Waals surface area contributed by atoms with Gasteiger partial charge in [0, 0.05) is 21.6 Å². The van der Waals surface area contributed by atoms with E-state index in [4.69, 9.17) is 14.5 Å². The van der Waals surface area contributed by atoms with E-state index in [2.05, 4.69) is 50.6 Å². The van der Waals surface area contributed by atoms with Crippen molar-refractivity contribution in [2.24, 2.45) is 4.99 Å². The minimum atomic E-state index is 0.477. The maximum absolute atomic E-state index is 6.04. The number of thiazole rings is 1. The molecule has 0 aliphatic heterocycles. The Morgan fingerprint density at radius 1 is 0.946 bits per heavy atom. The second kappa shape index (κ2) is 12.5. The van der Waals surface area contributed by atoms with E-state index < -0.39 is 0 Å². The Hall–Kier alpha value is -2.96. The molecule has 0 N–H and O–H groups in total. The van der Waals surface area contributed by atoms with Gasteiger partial charge in [-0.15, -0.1) is 11.3 Å². The van der Waals surface area contributed by atoms with E-state index in [9.17, 15) is 0 Å². The Morgan fingerprint density at radius 2 is 1.73 bits per heavy atom. The van der Waals surface area contributed by atoms with Gasteiger partial charge in [-0.1, -0.05) is 71.6 Å². The Kier molecular flexibility index (Phi) is 8.69. The van der Waals surface area contributed by atoms with E-state index in [1.807, 2.05) is 55.6 Å². The summed E-state index contributed by atoms with van der Waals surface area (Å²) in [7, 11) is 0. The van der Waals surface area contributed by atoms with Crippen LogP contribution in [0, 0.1) is 0 Å². The molecule has 1 aromatic heterocycles. The quantitative estimate of drug-likeness (QED) is 0.187. The standard InChI is InChI=1S/C31H31BrN2O2S/c1-2-35-30-18-23(10-17-29(30)36-20-22-8-15-27(32)16-9-22)19-33-31-34-28(21-37-31)26-13-11-25(12-14-26)24-6-4-3-5-7-24/h8-19,21,24H,2-7,20H2,1H3. The van der Waals surface area contributed by atoms with Crippen LogP contribution in [-0.2, 0) is 6.61 Å². The first kappa shape index (κ1) is 25.7. The second-order valence-corrected chi connectivity index (χ2v) is 11.0. The number of benzene rings is 3. The third-order valence-corrected chi connectivity index (χ3v) is 7.95. The zero-order valence-electron chi connectivity index (χ0n) is 21.0. The molecule has 37 heavy (non-hydrogen) atoms. The van der Waals surface area contributed by atoms with Crippen molar-refractivity contribution in [2.45, 2.75) is 51.6 Å². The summed E-state index contributed by atoms with van der Waals surface area (Å²) in [6, 6.07) is 23.0. The SMILES string of the molecule is CCOc1cc(C=Nc2nc(-c3ccc(C4CCCCC4)cc3)cs2)ccc1OCc1ccc(Br)cc1. The van der Waals surface area contributed by atoms with Crippen molar-refractivity contribution in [1.82, 2.24) is 4.98 Å². The predicted molar refractivity (Wildman–Crippen MR) is 157 cm³/mol. The van der Waals surface area contributed by atoms with E-state index in [1.54, 1.807) is 11.3 Å². The summed E-state index contributed by atoms with van der Waals surface area (Å²) >= 11 is 5.02. The first-order valence-electron chi connectivity index (χ1n) is 12.9. The average Bonchev–Trinajstić information content (AvgIpc) is 3.42. The van der Waals surface area contributed by atoms with Crippen molar-refractivity contribution >= 4 is 38.6 Å². The lowest BCUT2D eigenvalue weighted by Gasteiger charge is -2.22. The van der Waals surface area contributed by atoms with E-state index in [0.29, 0.717) is 19.0 Å². The molecule has 0 amide bonds. The number of ether oxygens (including phenoxy) is 2. The highest BCUT2D eigenvalue weighted by Gasteiger charge is 2.15. The van der Waals surface area contributed by atoms with Crippen LogP contribution in [0.3, 0.4) is 0 Å². The van der Waals surface area contributed by atoms with E-state index in [-0.39, 0.29) is 0 Å². The van der Waals surface area contributed by atoms with Gasteiger partial charge in [-0.3, -0.25) is 0 Å².